The molecule has 1 aliphatic heterocycles. The lowest BCUT2D eigenvalue weighted by Crippen LogP contribution is -2.42. The molecule has 0 spiro atoms. The van der Waals surface area contributed by atoms with Gasteiger partial charge in [0.1, 0.15) is 0 Å². The van der Waals surface area contributed by atoms with Gasteiger partial charge in [0.2, 0.25) is 0 Å². The van der Waals surface area contributed by atoms with Crippen molar-refractivity contribution in [1.82, 2.24) is 0 Å². The lowest BCUT2D eigenvalue weighted by atomic mass is 10.1. The van der Waals surface area contributed by atoms with Crippen molar-refractivity contribution in [2.24, 2.45) is 0 Å². The van der Waals surface area contributed by atoms with Gasteiger partial charge in [-0.2, -0.15) is 0 Å². The molecule has 0 radical (unpaired) electrons. The number of rotatable bonds is 1. The number of nitrogens with zero attached hydrogens (tertiary/aromatic N) is 1. The number of hydrogen-bond acceptors (Lipinski definition) is 2. The van der Waals surface area contributed by atoms with Crippen LogP contribution in [-0.2, 0) is 0 Å². The van der Waals surface area contributed by atoms with Crippen LogP contribution in [0.5, 0.6) is 0 Å². The summed E-state index contributed by atoms with van der Waals surface area (Å²) >= 11 is 0. The Morgan fingerprint density at radius 2 is 1.89 bits per heavy atom. The Hall–Kier alpha value is -1.87. The van der Waals surface area contributed by atoms with E-state index in [1.807, 2.05) is 41.3 Å². The number of benzene rings is 2. The predicted octanol–water partition coefficient (Wildman–Crippen LogP) is 2.71. The molecule has 1 heterocycles. The van der Waals surface area contributed by atoms with Gasteiger partial charge < -0.3 is 10.0 Å². The predicted molar refractivity (Wildman–Crippen MR) is 74.4 cm³/mol. The summed E-state index contributed by atoms with van der Waals surface area (Å²) in [5.41, 5.74) is 1.73. The maximum atomic E-state index is 12.6. The van der Waals surface area contributed by atoms with Gasteiger partial charge in [0.25, 0.3) is 5.91 Å². The molecule has 1 amide bonds. The Bertz CT molecular complexity index is 674. The van der Waals surface area contributed by atoms with Crippen molar-refractivity contribution < 1.29 is 9.90 Å². The Labute approximate surface area is 111 Å². The van der Waals surface area contributed by atoms with Crippen LogP contribution in [0.3, 0.4) is 0 Å². The summed E-state index contributed by atoms with van der Waals surface area (Å²) in [5, 5.41) is 12.2. The molecule has 1 aliphatic carbocycles. The van der Waals surface area contributed by atoms with Crippen molar-refractivity contribution in [3.8, 4) is 0 Å². The molecule has 2 aromatic rings. The van der Waals surface area contributed by atoms with E-state index in [-0.39, 0.29) is 11.9 Å². The van der Waals surface area contributed by atoms with E-state index in [0.717, 1.165) is 41.3 Å². The molecular formula is C16H15NO2. The average molecular weight is 253 g/mol. The molecule has 0 unspecified atom stereocenters. The smallest absolute Gasteiger partial charge is 0.259 e. The normalized spacial score (nSPS) is 25.5. The summed E-state index contributed by atoms with van der Waals surface area (Å²) in [4.78, 5) is 14.4. The molecular weight excluding hydrogens is 238 g/mol. The van der Waals surface area contributed by atoms with Crippen molar-refractivity contribution in [2.75, 3.05) is 4.90 Å². The quantitative estimate of drug-likeness (QED) is 0.849. The first-order chi connectivity index (χ1) is 9.27. The van der Waals surface area contributed by atoms with Gasteiger partial charge >= 0.3 is 0 Å². The van der Waals surface area contributed by atoms with Crippen LogP contribution < -0.4 is 4.90 Å². The minimum atomic E-state index is -0.395. The molecule has 1 fully saturated rings. The van der Waals surface area contributed by atoms with Crippen molar-refractivity contribution >= 4 is 22.4 Å². The second kappa shape index (κ2) is 3.81. The molecule has 96 valence electrons. The summed E-state index contributed by atoms with van der Waals surface area (Å²) in [6.45, 7) is 0. The van der Waals surface area contributed by atoms with Crippen molar-refractivity contribution in [3.05, 3.63) is 42.0 Å². The van der Waals surface area contributed by atoms with E-state index < -0.39 is 6.10 Å². The molecule has 0 aromatic heterocycles. The number of carbonyl (C=O) groups is 1. The van der Waals surface area contributed by atoms with Gasteiger partial charge in [-0.1, -0.05) is 24.3 Å². The molecule has 2 aromatic carbocycles. The van der Waals surface area contributed by atoms with Crippen LogP contribution in [0, 0.1) is 0 Å². The topological polar surface area (TPSA) is 40.5 Å². The number of amides is 1. The monoisotopic (exact) mass is 253 g/mol. The number of anilines is 1. The first-order valence-electron chi connectivity index (χ1n) is 6.81. The molecule has 2 atom stereocenters. The van der Waals surface area contributed by atoms with Gasteiger partial charge in [-0.15, -0.1) is 0 Å². The summed E-state index contributed by atoms with van der Waals surface area (Å²) in [6.07, 6.45) is 2.27. The van der Waals surface area contributed by atoms with E-state index >= 15 is 0 Å². The molecule has 2 aliphatic rings. The van der Waals surface area contributed by atoms with Gasteiger partial charge in [0.15, 0.2) is 0 Å². The molecule has 3 nitrogen and oxygen atoms in total. The lowest BCUT2D eigenvalue weighted by molar-refractivity contribution is 0.0943. The average Bonchev–Trinajstić information content (AvgIpc) is 2.95. The maximum Gasteiger partial charge on any atom is 0.259 e. The van der Waals surface area contributed by atoms with Crippen LogP contribution in [0.2, 0.25) is 0 Å². The second-order valence-corrected chi connectivity index (χ2v) is 5.42. The fraction of sp³-hybridized carbons (Fsp3) is 0.312. The van der Waals surface area contributed by atoms with Crippen LogP contribution in [0.15, 0.2) is 36.4 Å². The third-order valence-electron chi connectivity index (χ3n) is 4.37. The van der Waals surface area contributed by atoms with Crippen molar-refractivity contribution in [1.29, 1.82) is 0 Å². The Morgan fingerprint density at radius 3 is 2.63 bits per heavy atom. The maximum absolute atomic E-state index is 12.6. The fourth-order valence-electron chi connectivity index (χ4n) is 3.49. The number of hydrogen-bond donors (Lipinski definition) is 1. The number of aliphatic hydroxyl groups is 1. The van der Waals surface area contributed by atoms with Crippen LogP contribution in [0.4, 0.5) is 5.69 Å². The van der Waals surface area contributed by atoms with Crippen LogP contribution in [0.25, 0.3) is 10.8 Å². The number of carbonyl (C=O) groups excluding carboxylic acids is 1. The largest absolute Gasteiger partial charge is 0.391 e. The van der Waals surface area contributed by atoms with E-state index in [0.29, 0.717) is 0 Å². The molecule has 1 saturated carbocycles. The fourth-order valence-corrected chi connectivity index (χ4v) is 3.49. The van der Waals surface area contributed by atoms with Gasteiger partial charge in [-0.3, -0.25) is 4.79 Å². The summed E-state index contributed by atoms with van der Waals surface area (Å²) in [5.74, 6) is 0.0396. The zero-order chi connectivity index (χ0) is 13.0. The zero-order valence-corrected chi connectivity index (χ0v) is 10.5. The molecule has 4 rings (SSSR count). The third-order valence-corrected chi connectivity index (χ3v) is 4.37. The van der Waals surface area contributed by atoms with Crippen LogP contribution >= 0.6 is 0 Å². The molecule has 0 saturated heterocycles. The first-order valence-corrected chi connectivity index (χ1v) is 6.81. The minimum absolute atomic E-state index is 0.0396. The highest BCUT2D eigenvalue weighted by Crippen LogP contribution is 2.41. The summed E-state index contributed by atoms with van der Waals surface area (Å²) in [6, 6.07) is 11.8. The van der Waals surface area contributed by atoms with E-state index in [1.54, 1.807) is 0 Å². The third kappa shape index (κ3) is 1.39. The first kappa shape index (κ1) is 11.0. The van der Waals surface area contributed by atoms with E-state index in [4.69, 9.17) is 0 Å². The summed E-state index contributed by atoms with van der Waals surface area (Å²) < 4.78 is 0. The van der Waals surface area contributed by atoms with E-state index in [9.17, 15) is 9.90 Å². The van der Waals surface area contributed by atoms with E-state index in [2.05, 4.69) is 0 Å². The molecule has 19 heavy (non-hydrogen) atoms. The van der Waals surface area contributed by atoms with Gasteiger partial charge in [-0.05, 0) is 36.8 Å². The Morgan fingerprint density at radius 1 is 1.11 bits per heavy atom. The van der Waals surface area contributed by atoms with E-state index in [1.165, 1.54) is 0 Å². The van der Waals surface area contributed by atoms with Crippen molar-refractivity contribution in [2.45, 2.75) is 31.4 Å². The van der Waals surface area contributed by atoms with Crippen LogP contribution in [0.1, 0.15) is 29.6 Å². The SMILES string of the molecule is O=C1c2cccc3cccc(c23)N1[C@H]1CCC[C@@H]1O. The minimum Gasteiger partial charge on any atom is -0.391 e. The Balaban J connectivity index is 1.93. The van der Waals surface area contributed by atoms with Gasteiger partial charge in [0.05, 0.1) is 17.8 Å². The standard InChI is InChI=1S/C16H15NO2/c18-14-9-3-7-12(14)17-13-8-2-5-10-4-1-6-11(15(10)13)16(17)19/h1-2,4-6,8,12,14,18H,3,7,9H2/t12-,14-/m0/s1. The lowest BCUT2D eigenvalue weighted by Gasteiger charge is -2.27. The van der Waals surface area contributed by atoms with Crippen LogP contribution in [-0.4, -0.2) is 23.2 Å². The zero-order valence-electron chi connectivity index (χ0n) is 10.5. The number of aliphatic hydroxyl groups excluding tert-OH is 1. The highest BCUT2D eigenvalue weighted by Gasteiger charge is 2.39. The molecule has 3 heteroatoms. The van der Waals surface area contributed by atoms with Gasteiger partial charge in [0, 0.05) is 10.9 Å². The van der Waals surface area contributed by atoms with Gasteiger partial charge in [-0.25, -0.2) is 0 Å². The highest BCUT2D eigenvalue weighted by atomic mass is 16.3. The Kier molecular flexibility index (Phi) is 2.21. The summed E-state index contributed by atoms with van der Waals surface area (Å²) in [7, 11) is 0. The molecule has 0 bridgehead atoms. The highest BCUT2D eigenvalue weighted by molar-refractivity contribution is 6.25. The van der Waals surface area contributed by atoms with Crippen molar-refractivity contribution in [3.63, 3.8) is 0 Å². The second-order valence-electron chi connectivity index (χ2n) is 5.42. The molecule has 1 N–H and O–H groups in total.